The predicted molar refractivity (Wildman–Crippen MR) is 131 cm³/mol. The second-order valence-corrected chi connectivity index (χ2v) is 10.7. The fourth-order valence-electron chi connectivity index (χ4n) is 4.58. The molecule has 6 nitrogen and oxygen atoms in total. The highest BCUT2D eigenvalue weighted by molar-refractivity contribution is 7.12. The van der Waals surface area contributed by atoms with E-state index in [1.807, 2.05) is 17.5 Å². The van der Waals surface area contributed by atoms with Crippen LogP contribution in [0.5, 0.6) is 0 Å². The first-order valence-corrected chi connectivity index (χ1v) is 13.3. The van der Waals surface area contributed by atoms with E-state index in [1.54, 1.807) is 27.7 Å². The Kier molecular flexibility index (Phi) is 7.75. The summed E-state index contributed by atoms with van der Waals surface area (Å²) in [5.41, 5.74) is 0.979. The zero-order valence-electron chi connectivity index (χ0n) is 18.8. The second kappa shape index (κ2) is 10.7. The molecule has 32 heavy (non-hydrogen) atoms. The maximum atomic E-state index is 13.4. The number of hydrazone groups is 1. The summed E-state index contributed by atoms with van der Waals surface area (Å²) >= 11 is 3.33. The molecule has 3 atom stereocenters. The molecule has 2 amide bonds. The van der Waals surface area contributed by atoms with Gasteiger partial charge in [0, 0.05) is 23.9 Å². The van der Waals surface area contributed by atoms with Crippen LogP contribution in [0.1, 0.15) is 61.7 Å². The normalized spacial score (nSPS) is 22.6. The van der Waals surface area contributed by atoms with Crippen LogP contribution in [-0.4, -0.2) is 53.1 Å². The highest BCUT2D eigenvalue weighted by Gasteiger charge is 2.35. The molecule has 0 aliphatic carbocycles. The topological polar surface area (TPSA) is 65.0 Å². The molecule has 4 heterocycles. The molecule has 0 radical (unpaired) electrons. The van der Waals surface area contributed by atoms with E-state index in [0.29, 0.717) is 13.1 Å². The number of carbonyl (C=O) groups excluding carboxylic acids is 2. The Morgan fingerprint density at radius 1 is 1.25 bits per heavy atom. The number of carbonyl (C=O) groups is 2. The van der Waals surface area contributed by atoms with Crippen molar-refractivity contribution in [2.45, 2.75) is 58.0 Å². The molecule has 1 saturated heterocycles. The van der Waals surface area contributed by atoms with Crippen molar-refractivity contribution >= 4 is 40.2 Å². The third-order valence-corrected chi connectivity index (χ3v) is 8.08. The lowest BCUT2D eigenvalue weighted by Crippen LogP contribution is -2.48. The molecule has 8 heteroatoms. The molecule has 2 aliphatic heterocycles. The molecule has 0 saturated carbocycles. The lowest BCUT2D eigenvalue weighted by molar-refractivity contribution is -0.136. The van der Waals surface area contributed by atoms with Crippen molar-refractivity contribution < 1.29 is 9.59 Å². The Morgan fingerprint density at radius 3 is 2.78 bits per heavy atom. The van der Waals surface area contributed by atoms with Gasteiger partial charge in [0.1, 0.15) is 0 Å². The van der Waals surface area contributed by atoms with Crippen LogP contribution >= 0.6 is 22.7 Å². The van der Waals surface area contributed by atoms with Gasteiger partial charge in [-0.05, 0) is 55.6 Å². The maximum Gasteiger partial charge on any atom is 0.257 e. The molecular weight excluding hydrogens is 440 g/mol. The largest absolute Gasteiger partial charge is 0.353 e. The molecule has 172 valence electrons. The second-order valence-electron chi connectivity index (χ2n) is 8.77. The van der Waals surface area contributed by atoms with Crippen LogP contribution in [0.15, 0.2) is 40.1 Å². The van der Waals surface area contributed by atoms with Gasteiger partial charge in [0.05, 0.1) is 29.1 Å². The first-order chi connectivity index (χ1) is 15.5. The van der Waals surface area contributed by atoms with Gasteiger partial charge in [-0.2, -0.15) is 5.10 Å². The number of nitrogens with zero attached hydrogens (tertiary/aromatic N) is 3. The van der Waals surface area contributed by atoms with Crippen molar-refractivity contribution in [1.29, 1.82) is 0 Å². The third-order valence-electron chi connectivity index (χ3n) is 6.19. The van der Waals surface area contributed by atoms with Crippen molar-refractivity contribution in [3.63, 3.8) is 0 Å². The van der Waals surface area contributed by atoms with Crippen molar-refractivity contribution in [1.82, 2.24) is 15.2 Å². The standard InChI is InChI=1S/C24H32N4O2S2/c1-3-7-17(2)25-24(30)18-8-4-11-27(15-18)16-23(29)28-20(22-10-6-13-32-22)14-19(26-28)21-9-5-12-31-21/h5-6,9-10,12-13,17-18,20H,3-4,7-8,11,14-16H2,1-2H3,(H,25,30). The Bertz CT molecular complexity index is 926. The van der Waals surface area contributed by atoms with E-state index < -0.39 is 0 Å². The van der Waals surface area contributed by atoms with E-state index in [1.165, 1.54) is 0 Å². The number of hydrogen-bond donors (Lipinski definition) is 1. The van der Waals surface area contributed by atoms with Gasteiger partial charge in [0.25, 0.3) is 5.91 Å². The Morgan fingerprint density at radius 2 is 2.06 bits per heavy atom. The van der Waals surface area contributed by atoms with Gasteiger partial charge in [0.15, 0.2) is 0 Å². The number of rotatable bonds is 8. The van der Waals surface area contributed by atoms with E-state index in [4.69, 9.17) is 5.10 Å². The zero-order valence-corrected chi connectivity index (χ0v) is 20.5. The van der Waals surface area contributed by atoms with Gasteiger partial charge >= 0.3 is 0 Å². The molecule has 2 aromatic heterocycles. The molecule has 4 rings (SSSR count). The van der Waals surface area contributed by atoms with E-state index in [2.05, 4.69) is 41.6 Å². The summed E-state index contributed by atoms with van der Waals surface area (Å²) in [5.74, 6) is 0.0850. The molecule has 0 aromatic carbocycles. The van der Waals surface area contributed by atoms with Crippen LogP contribution in [0.3, 0.4) is 0 Å². The average molecular weight is 473 g/mol. The number of amides is 2. The number of likely N-dealkylation sites (tertiary alicyclic amines) is 1. The summed E-state index contributed by atoms with van der Waals surface area (Å²) in [6.07, 6.45) is 4.61. The quantitative estimate of drug-likeness (QED) is 0.615. The average Bonchev–Trinajstić information content (AvgIpc) is 3.55. The third kappa shape index (κ3) is 5.47. The Balaban J connectivity index is 1.41. The van der Waals surface area contributed by atoms with E-state index in [9.17, 15) is 9.59 Å². The van der Waals surface area contributed by atoms with Crippen molar-refractivity contribution in [3.8, 4) is 0 Å². The number of hydrogen-bond acceptors (Lipinski definition) is 6. The van der Waals surface area contributed by atoms with Crippen LogP contribution < -0.4 is 5.32 Å². The molecular formula is C24H32N4O2S2. The summed E-state index contributed by atoms with van der Waals surface area (Å²) in [6.45, 7) is 5.98. The summed E-state index contributed by atoms with van der Waals surface area (Å²) in [4.78, 5) is 30.5. The maximum absolute atomic E-state index is 13.4. The molecule has 0 spiro atoms. The highest BCUT2D eigenvalue weighted by atomic mass is 32.1. The fraction of sp³-hybridized carbons (Fsp3) is 0.542. The van der Waals surface area contributed by atoms with Crippen molar-refractivity contribution in [2.75, 3.05) is 19.6 Å². The smallest absolute Gasteiger partial charge is 0.257 e. The van der Waals surface area contributed by atoms with E-state index in [0.717, 1.165) is 54.1 Å². The van der Waals surface area contributed by atoms with Gasteiger partial charge in [-0.25, -0.2) is 5.01 Å². The lowest BCUT2D eigenvalue weighted by Gasteiger charge is -2.33. The minimum absolute atomic E-state index is 0.00960. The van der Waals surface area contributed by atoms with Crippen LogP contribution in [0.4, 0.5) is 0 Å². The summed E-state index contributed by atoms with van der Waals surface area (Å²) in [7, 11) is 0. The number of nitrogens with one attached hydrogen (secondary N) is 1. The first-order valence-electron chi connectivity index (χ1n) is 11.5. The number of piperidine rings is 1. The number of thiophene rings is 2. The van der Waals surface area contributed by atoms with Crippen molar-refractivity contribution in [2.24, 2.45) is 11.0 Å². The van der Waals surface area contributed by atoms with Crippen LogP contribution in [0, 0.1) is 5.92 Å². The van der Waals surface area contributed by atoms with Gasteiger partial charge in [-0.15, -0.1) is 22.7 Å². The van der Waals surface area contributed by atoms with E-state index in [-0.39, 0.29) is 29.8 Å². The van der Waals surface area contributed by atoms with Gasteiger partial charge in [0.2, 0.25) is 5.91 Å². The molecule has 1 fully saturated rings. The molecule has 1 N–H and O–H groups in total. The van der Waals surface area contributed by atoms with Gasteiger partial charge in [-0.3, -0.25) is 14.5 Å². The SMILES string of the molecule is CCCC(C)NC(=O)C1CCCN(CC(=O)N2N=C(c3cccs3)CC2c2cccs2)C1. The lowest BCUT2D eigenvalue weighted by atomic mass is 9.96. The Hall–Kier alpha value is -2.03. The summed E-state index contributed by atoms with van der Waals surface area (Å²) < 4.78 is 0. The highest BCUT2D eigenvalue weighted by Crippen LogP contribution is 2.36. The molecule has 3 unspecified atom stereocenters. The molecule has 0 bridgehead atoms. The molecule has 2 aliphatic rings. The van der Waals surface area contributed by atoms with Crippen LogP contribution in [0.25, 0.3) is 0 Å². The van der Waals surface area contributed by atoms with E-state index >= 15 is 0 Å². The Labute approximate surface area is 198 Å². The van der Waals surface area contributed by atoms with Gasteiger partial charge in [-0.1, -0.05) is 25.5 Å². The van der Waals surface area contributed by atoms with Crippen LogP contribution in [-0.2, 0) is 9.59 Å². The zero-order chi connectivity index (χ0) is 22.5. The monoisotopic (exact) mass is 472 g/mol. The van der Waals surface area contributed by atoms with Gasteiger partial charge < -0.3 is 5.32 Å². The predicted octanol–water partition coefficient (Wildman–Crippen LogP) is 4.50. The van der Waals surface area contributed by atoms with Crippen molar-refractivity contribution in [3.05, 3.63) is 44.8 Å². The summed E-state index contributed by atoms with van der Waals surface area (Å²) in [6, 6.07) is 8.36. The minimum Gasteiger partial charge on any atom is -0.353 e. The minimum atomic E-state index is -0.0484. The van der Waals surface area contributed by atoms with Crippen LogP contribution in [0.2, 0.25) is 0 Å². The first kappa shape index (κ1) is 23.1. The summed E-state index contributed by atoms with van der Waals surface area (Å²) in [5, 5.41) is 13.7. The fourth-order valence-corrected chi connectivity index (χ4v) is 6.11. The molecule has 2 aromatic rings.